The molecule has 1 rings (SSSR count). The molecule has 1 aliphatic rings. The van der Waals surface area contributed by atoms with E-state index >= 15 is 0 Å². The van der Waals surface area contributed by atoms with Crippen LogP contribution in [0.4, 0.5) is 0 Å². The van der Waals surface area contributed by atoms with Crippen LogP contribution in [0.25, 0.3) is 0 Å². The van der Waals surface area contributed by atoms with Crippen LogP contribution in [0.3, 0.4) is 0 Å². The van der Waals surface area contributed by atoms with E-state index in [1.54, 1.807) is 0 Å². The standard InChI is InChI=1S/C14H30N4/c1-4-5-10-16-13(15)17-11-14(12-18(2)3)8-6-7-9-14/h4-12H2,1-3H3,(H3,15,16,17). The minimum atomic E-state index is 0.362. The molecule has 106 valence electrons. The van der Waals surface area contributed by atoms with Crippen LogP contribution in [-0.4, -0.2) is 44.6 Å². The smallest absolute Gasteiger partial charge is 0.188 e. The highest BCUT2D eigenvalue weighted by Crippen LogP contribution is 2.38. The van der Waals surface area contributed by atoms with E-state index in [2.05, 4.69) is 36.2 Å². The summed E-state index contributed by atoms with van der Waals surface area (Å²) < 4.78 is 0. The molecule has 0 aromatic carbocycles. The van der Waals surface area contributed by atoms with Crippen molar-refractivity contribution in [3.8, 4) is 0 Å². The van der Waals surface area contributed by atoms with Gasteiger partial charge in [0.15, 0.2) is 5.96 Å². The fourth-order valence-corrected chi connectivity index (χ4v) is 2.86. The van der Waals surface area contributed by atoms with Gasteiger partial charge in [-0.1, -0.05) is 26.2 Å². The number of guanidine groups is 1. The number of rotatable bonds is 7. The van der Waals surface area contributed by atoms with E-state index in [1.807, 2.05) is 0 Å². The molecule has 0 spiro atoms. The summed E-state index contributed by atoms with van der Waals surface area (Å²) in [5, 5.41) is 3.19. The highest BCUT2D eigenvalue weighted by Gasteiger charge is 2.34. The van der Waals surface area contributed by atoms with Crippen molar-refractivity contribution < 1.29 is 0 Å². The van der Waals surface area contributed by atoms with Gasteiger partial charge >= 0.3 is 0 Å². The molecule has 0 amide bonds. The van der Waals surface area contributed by atoms with Gasteiger partial charge < -0.3 is 16.0 Å². The lowest BCUT2D eigenvalue weighted by Crippen LogP contribution is -2.37. The zero-order chi connectivity index (χ0) is 13.4. The number of hydrogen-bond donors (Lipinski definition) is 2. The van der Waals surface area contributed by atoms with Crippen LogP contribution in [0.5, 0.6) is 0 Å². The maximum atomic E-state index is 5.91. The molecule has 18 heavy (non-hydrogen) atoms. The summed E-state index contributed by atoms with van der Waals surface area (Å²) in [7, 11) is 4.29. The Labute approximate surface area is 112 Å². The van der Waals surface area contributed by atoms with Crippen molar-refractivity contribution in [2.45, 2.75) is 45.4 Å². The Morgan fingerprint density at radius 3 is 2.56 bits per heavy atom. The van der Waals surface area contributed by atoms with Crippen molar-refractivity contribution in [3.05, 3.63) is 0 Å². The minimum absolute atomic E-state index is 0.362. The van der Waals surface area contributed by atoms with E-state index in [4.69, 9.17) is 5.73 Å². The summed E-state index contributed by atoms with van der Waals surface area (Å²) in [6, 6.07) is 0. The van der Waals surface area contributed by atoms with Crippen LogP contribution in [-0.2, 0) is 0 Å². The summed E-state index contributed by atoms with van der Waals surface area (Å²) in [5.74, 6) is 0.619. The maximum Gasteiger partial charge on any atom is 0.188 e. The van der Waals surface area contributed by atoms with Crippen LogP contribution in [0.2, 0.25) is 0 Å². The molecule has 0 unspecified atom stereocenters. The van der Waals surface area contributed by atoms with Gasteiger partial charge in [-0.25, -0.2) is 0 Å². The highest BCUT2D eigenvalue weighted by molar-refractivity contribution is 5.77. The van der Waals surface area contributed by atoms with Crippen LogP contribution < -0.4 is 11.1 Å². The van der Waals surface area contributed by atoms with Gasteiger partial charge in [0.25, 0.3) is 0 Å². The van der Waals surface area contributed by atoms with Gasteiger partial charge in [0.05, 0.1) is 0 Å². The van der Waals surface area contributed by atoms with E-state index in [1.165, 1.54) is 32.1 Å². The summed E-state index contributed by atoms with van der Waals surface area (Å²) in [6.07, 6.45) is 7.59. The Morgan fingerprint density at radius 2 is 2.00 bits per heavy atom. The summed E-state index contributed by atoms with van der Waals surface area (Å²) in [6.45, 7) is 5.11. The van der Waals surface area contributed by atoms with Gasteiger partial charge in [0.1, 0.15) is 0 Å². The molecule has 1 saturated carbocycles. The van der Waals surface area contributed by atoms with Crippen LogP contribution in [0.15, 0.2) is 4.99 Å². The average Bonchev–Trinajstić information content (AvgIpc) is 2.75. The first kappa shape index (κ1) is 15.3. The number of unbranched alkanes of at least 4 members (excludes halogenated alkanes) is 1. The fraction of sp³-hybridized carbons (Fsp3) is 0.929. The SMILES string of the molecule is CCCCNC(N)=NCC1(CN(C)C)CCCC1. The maximum absolute atomic E-state index is 5.91. The zero-order valence-corrected chi connectivity index (χ0v) is 12.3. The molecule has 0 aromatic rings. The molecule has 0 heterocycles. The van der Waals surface area contributed by atoms with Crippen molar-refractivity contribution in [3.63, 3.8) is 0 Å². The zero-order valence-electron chi connectivity index (χ0n) is 12.3. The quantitative estimate of drug-likeness (QED) is 0.414. The molecular weight excluding hydrogens is 224 g/mol. The Balaban J connectivity index is 2.43. The minimum Gasteiger partial charge on any atom is -0.370 e. The third-order valence-corrected chi connectivity index (χ3v) is 3.74. The predicted molar refractivity (Wildman–Crippen MR) is 78.9 cm³/mol. The van der Waals surface area contributed by atoms with Crippen molar-refractivity contribution in [1.82, 2.24) is 10.2 Å². The molecule has 0 radical (unpaired) electrons. The molecule has 3 N–H and O–H groups in total. The molecule has 0 atom stereocenters. The summed E-state index contributed by atoms with van der Waals surface area (Å²) in [5.41, 5.74) is 6.27. The van der Waals surface area contributed by atoms with E-state index < -0.39 is 0 Å². The lowest BCUT2D eigenvalue weighted by Gasteiger charge is -2.30. The molecule has 0 saturated heterocycles. The molecule has 4 heteroatoms. The van der Waals surface area contributed by atoms with Crippen LogP contribution >= 0.6 is 0 Å². The summed E-state index contributed by atoms with van der Waals surface area (Å²) >= 11 is 0. The molecule has 0 aliphatic heterocycles. The molecular formula is C14H30N4. The first-order valence-corrected chi connectivity index (χ1v) is 7.26. The van der Waals surface area contributed by atoms with Gasteiger partial charge in [-0.15, -0.1) is 0 Å². The van der Waals surface area contributed by atoms with Crippen LogP contribution in [0.1, 0.15) is 45.4 Å². The molecule has 0 bridgehead atoms. The molecule has 4 nitrogen and oxygen atoms in total. The number of nitrogens with two attached hydrogens (primary N) is 1. The predicted octanol–water partition coefficient (Wildman–Crippen LogP) is 1.81. The number of hydrogen-bond acceptors (Lipinski definition) is 2. The van der Waals surface area contributed by atoms with Gasteiger partial charge in [0, 0.05) is 25.0 Å². The second kappa shape index (κ2) is 7.62. The Bertz CT molecular complexity index is 255. The van der Waals surface area contributed by atoms with Crippen LogP contribution in [0, 0.1) is 5.41 Å². The highest BCUT2D eigenvalue weighted by atomic mass is 15.1. The van der Waals surface area contributed by atoms with Gasteiger partial charge in [-0.05, 0) is 33.4 Å². The van der Waals surface area contributed by atoms with E-state index in [-0.39, 0.29) is 0 Å². The van der Waals surface area contributed by atoms with Gasteiger partial charge in [-0.3, -0.25) is 4.99 Å². The lowest BCUT2D eigenvalue weighted by atomic mass is 9.86. The first-order chi connectivity index (χ1) is 8.58. The second-order valence-electron chi connectivity index (χ2n) is 5.93. The Kier molecular flexibility index (Phi) is 6.47. The monoisotopic (exact) mass is 254 g/mol. The topological polar surface area (TPSA) is 53.6 Å². The summed E-state index contributed by atoms with van der Waals surface area (Å²) in [4.78, 5) is 6.84. The number of aliphatic imine (C=N–C) groups is 1. The van der Waals surface area contributed by atoms with Crippen molar-refractivity contribution >= 4 is 5.96 Å². The van der Waals surface area contributed by atoms with Crippen molar-refractivity contribution in [2.75, 3.05) is 33.7 Å². The second-order valence-corrected chi connectivity index (χ2v) is 5.93. The Morgan fingerprint density at radius 1 is 1.33 bits per heavy atom. The first-order valence-electron chi connectivity index (χ1n) is 7.26. The number of nitrogens with zero attached hydrogens (tertiary/aromatic N) is 2. The van der Waals surface area contributed by atoms with E-state index in [0.717, 1.165) is 26.1 Å². The molecule has 1 fully saturated rings. The van der Waals surface area contributed by atoms with Gasteiger partial charge in [0.2, 0.25) is 0 Å². The van der Waals surface area contributed by atoms with Gasteiger partial charge in [-0.2, -0.15) is 0 Å². The van der Waals surface area contributed by atoms with Crippen molar-refractivity contribution in [2.24, 2.45) is 16.1 Å². The van der Waals surface area contributed by atoms with Crippen molar-refractivity contribution in [1.29, 1.82) is 0 Å². The average molecular weight is 254 g/mol. The van der Waals surface area contributed by atoms with E-state index in [0.29, 0.717) is 11.4 Å². The normalized spacial score (nSPS) is 19.4. The molecule has 1 aliphatic carbocycles. The third-order valence-electron chi connectivity index (χ3n) is 3.74. The largest absolute Gasteiger partial charge is 0.370 e. The lowest BCUT2D eigenvalue weighted by molar-refractivity contribution is 0.210. The third kappa shape index (κ3) is 5.25. The van der Waals surface area contributed by atoms with E-state index in [9.17, 15) is 0 Å². The fourth-order valence-electron chi connectivity index (χ4n) is 2.86. The number of nitrogens with one attached hydrogen (secondary N) is 1. The molecule has 0 aromatic heterocycles. The Hall–Kier alpha value is -0.770.